The number of benzene rings is 3. The van der Waals surface area contributed by atoms with Crippen LogP contribution in [-0.4, -0.2) is 9.97 Å². The van der Waals surface area contributed by atoms with Crippen LogP contribution in [0.5, 0.6) is 0 Å². The van der Waals surface area contributed by atoms with E-state index in [1.165, 1.54) is 0 Å². The first-order chi connectivity index (χ1) is 15.4. The summed E-state index contributed by atoms with van der Waals surface area (Å²) in [7, 11) is 0. The third kappa shape index (κ3) is 4.07. The molecule has 0 saturated carbocycles. The number of hydrogen-bond donors (Lipinski definition) is 0. The minimum absolute atomic E-state index is 0.882. The number of rotatable bonds is 5. The van der Waals surface area contributed by atoms with Crippen LogP contribution in [0.15, 0.2) is 128 Å². The Bertz CT molecular complexity index is 1230. The first-order valence-corrected chi connectivity index (χ1v) is 10.3. The molecular formula is C28H21N3. The molecule has 0 unspecified atom stereocenters. The summed E-state index contributed by atoms with van der Waals surface area (Å²) in [5, 5.41) is 0. The molecule has 0 aliphatic rings. The Morgan fingerprint density at radius 2 is 1.10 bits per heavy atom. The second-order valence-electron chi connectivity index (χ2n) is 7.21. The van der Waals surface area contributed by atoms with E-state index in [1.54, 1.807) is 0 Å². The van der Waals surface area contributed by atoms with Crippen molar-refractivity contribution in [3.05, 3.63) is 128 Å². The molecule has 2 heterocycles. The van der Waals surface area contributed by atoms with Gasteiger partial charge in [-0.25, -0.2) is 4.98 Å². The molecule has 31 heavy (non-hydrogen) atoms. The fourth-order valence-corrected chi connectivity index (χ4v) is 3.69. The van der Waals surface area contributed by atoms with E-state index in [0.29, 0.717) is 0 Å². The second-order valence-corrected chi connectivity index (χ2v) is 7.21. The number of hydrogen-bond acceptors (Lipinski definition) is 3. The summed E-state index contributed by atoms with van der Waals surface area (Å²) >= 11 is 0. The fourth-order valence-electron chi connectivity index (χ4n) is 3.69. The van der Waals surface area contributed by atoms with E-state index in [9.17, 15) is 0 Å². The average Bonchev–Trinajstić information content (AvgIpc) is 2.86. The van der Waals surface area contributed by atoms with Gasteiger partial charge in [-0.3, -0.25) is 9.88 Å². The van der Waals surface area contributed by atoms with Crippen molar-refractivity contribution < 1.29 is 0 Å². The molecule has 3 nitrogen and oxygen atoms in total. The molecule has 0 N–H and O–H groups in total. The van der Waals surface area contributed by atoms with E-state index in [-0.39, 0.29) is 0 Å². The third-order valence-electron chi connectivity index (χ3n) is 5.15. The summed E-state index contributed by atoms with van der Waals surface area (Å²) in [5.74, 6) is 0.882. The van der Waals surface area contributed by atoms with Crippen molar-refractivity contribution in [3.63, 3.8) is 0 Å². The van der Waals surface area contributed by atoms with E-state index in [1.807, 2.05) is 67.0 Å². The quantitative estimate of drug-likeness (QED) is 0.311. The normalized spacial score (nSPS) is 10.6. The van der Waals surface area contributed by atoms with Gasteiger partial charge in [0.15, 0.2) is 0 Å². The maximum absolute atomic E-state index is 4.61. The summed E-state index contributed by atoms with van der Waals surface area (Å²) < 4.78 is 0. The van der Waals surface area contributed by atoms with Crippen LogP contribution < -0.4 is 4.90 Å². The Morgan fingerprint density at radius 1 is 0.452 bits per heavy atom. The molecule has 0 saturated heterocycles. The zero-order chi connectivity index (χ0) is 20.9. The number of pyridine rings is 2. The lowest BCUT2D eigenvalue weighted by Gasteiger charge is -2.24. The molecule has 0 spiro atoms. The van der Waals surface area contributed by atoms with Gasteiger partial charge >= 0.3 is 0 Å². The van der Waals surface area contributed by atoms with Crippen LogP contribution >= 0.6 is 0 Å². The molecule has 148 valence electrons. The first kappa shape index (κ1) is 18.8. The van der Waals surface area contributed by atoms with Crippen molar-refractivity contribution in [2.24, 2.45) is 0 Å². The Labute approximate surface area is 182 Å². The molecule has 0 aliphatic heterocycles. The Morgan fingerprint density at radius 3 is 1.84 bits per heavy atom. The van der Waals surface area contributed by atoms with Crippen LogP contribution in [0.3, 0.4) is 0 Å². The topological polar surface area (TPSA) is 29.0 Å². The van der Waals surface area contributed by atoms with E-state index in [2.05, 4.69) is 75.5 Å². The lowest BCUT2D eigenvalue weighted by atomic mass is 10.0. The Kier molecular flexibility index (Phi) is 5.23. The van der Waals surface area contributed by atoms with Crippen LogP contribution in [-0.2, 0) is 0 Å². The largest absolute Gasteiger partial charge is 0.295 e. The zero-order valence-electron chi connectivity index (χ0n) is 17.0. The van der Waals surface area contributed by atoms with Gasteiger partial charge in [0.05, 0.1) is 5.69 Å². The van der Waals surface area contributed by atoms with E-state index in [0.717, 1.165) is 39.6 Å². The summed E-state index contributed by atoms with van der Waals surface area (Å²) in [6.07, 6.45) is 3.65. The van der Waals surface area contributed by atoms with Crippen LogP contribution in [0.1, 0.15) is 0 Å². The Balaban J connectivity index is 1.58. The van der Waals surface area contributed by atoms with Crippen LogP contribution in [0.25, 0.3) is 22.4 Å². The van der Waals surface area contributed by atoms with E-state index < -0.39 is 0 Å². The van der Waals surface area contributed by atoms with Gasteiger partial charge in [0, 0.05) is 29.3 Å². The molecule has 3 heteroatoms. The maximum Gasteiger partial charge on any atom is 0.137 e. The SMILES string of the molecule is c1ccc(N(c2cccc(-c3cccc(-c4ccccn4)c3)c2)c2ccccn2)cc1. The smallest absolute Gasteiger partial charge is 0.137 e. The highest BCUT2D eigenvalue weighted by Crippen LogP contribution is 2.35. The summed E-state index contributed by atoms with van der Waals surface area (Å²) in [5.41, 5.74) is 6.51. The standard InChI is InChI=1S/C28H21N3/c1-2-13-25(14-3-1)31(28-17-5-7-19-30-28)26-15-9-11-23(21-26)22-10-8-12-24(20-22)27-16-4-6-18-29-27/h1-21H. The van der Waals surface area contributed by atoms with E-state index >= 15 is 0 Å². The Hall–Kier alpha value is -4.24. The third-order valence-corrected chi connectivity index (χ3v) is 5.15. The molecule has 2 aromatic heterocycles. The maximum atomic E-state index is 4.61. The molecule has 0 aliphatic carbocycles. The highest BCUT2D eigenvalue weighted by atomic mass is 15.2. The molecular weight excluding hydrogens is 378 g/mol. The van der Waals surface area contributed by atoms with Gasteiger partial charge in [-0.15, -0.1) is 0 Å². The molecule has 0 amide bonds. The molecule has 5 aromatic rings. The number of nitrogens with zero attached hydrogens (tertiary/aromatic N) is 3. The molecule has 0 radical (unpaired) electrons. The van der Waals surface area contributed by atoms with Gasteiger partial charge in [-0.05, 0) is 65.7 Å². The predicted octanol–water partition coefficient (Wildman–Crippen LogP) is 7.28. The highest BCUT2D eigenvalue weighted by Gasteiger charge is 2.14. The minimum Gasteiger partial charge on any atom is -0.295 e. The first-order valence-electron chi connectivity index (χ1n) is 10.3. The van der Waals surface area contributed by atoms with Crippen molar-refractivity contribution in [1.82, 2.24) is 9.97 Å². The lowest BCUT2D eigenvalue weighted by Crippen LogP contribution is -2.11. The molecule has 0 atom stereocenters. The van der Waals surface area contributed by atoms with Crippen molar-refractivity contribution in [1.29, 1.82) is 0 Å². The van der Waals surface area contributed by atoms with Gasteiger partial charge in [0.2, 0.25) is 0 Å². The van der Waals surface area contributed by atoms with Crippen LogP contribution in [0.4, 0.5) is 17.2 Å². The summed E-state index contributed by atoms with van der Waals surface area (Å²) in [6, 6.07) is 39.4. The minimum atomic E-state index is 0.882. The zero-order valence-corrected chi connectivity index (χ0v) is 17.0. The summed E-state index contributed by atoms with van der Waals surface area (Å²) in [4.78, 5) is 11.3. The van der Waals surface area contributed by atoms with Crippen LogP contribution in [0.2, 0.25) is 0 Å². The van der Waals surface area contributed by atoms with Crippen LogP contribution in [0, 0.1) is 0 Å². The molecule has 0 fully saturated rings. The average molecular weight is 399 g/mol. The molecule has 3 aromatic carbocycles. The van der Waals surface area contributed by atoms with Gasteiger partial charge < -0.3 is 0 Å². The molecule has 0 bridgehead atoms. The van der Waals surface area contributed by atoms with Gasteiger partial charge in [0.1, 0.15) is 5.82 Å². The van der Waals surface area contributed by atoms with Crippen molar-refractivity contribution in [2.75, 3.05) is 4.90 Å². The van der Waals surface area contributed by atoms with Gasteiger partial charge in [-0.1, -0.05) is 60.7 Å². The number of aromatic nitrogens is 2. The van der Waals surface area contributed by atoms with Gasteiger partial charge in [0.25, 0.3) is 0 Å². The second kappa shape index (κ2) is 8.64. The van der Waals surface area contributed by atoms with Crippen molar-refractivity contribution in [3.8, 4) is 22.4 Å². The van der Waals surface area contributed by atoms with Crippen molar-refractivity contribution in [2.45, 2.75) is 0 Å². The fraction of sp³-hybridized carbons (Fsp3) is 0. The predicted molar refractivity (Wildman–Crippen MR) is 128 cm³/mol. The summed E-state index contributed by atoms with van der Waals surface area (Å²) in [6.45, 7) is 0. The number of para-hydroxylation sites is 1. The van der Waals surface area contributed by atoms with Gasteiger partial charge in [-0.2, -0.15) is 0 Å². The monoisotopic (exact) mass is 399 g/mol. The van der Waals surface area contributed by atoms with E-state index in [4.69, 9.17) is 0 Å². The highest BCUT2D eigenvalue weighted by molar-refractivity contribution is 5.79. The lowest BCUT2D eigenvalue weighted by molar-refractivity contribution is 1.18. The number of anilines is 3. The van der Waals surface area contributed by atoms with Crippen molar-refractivity contribution >= 4 is 17.2 Å². The molecule has 5 rings (SSSR count).